The first-order valence-electron chi connectivity index (χ1n) is 4.80. The number of carbonyl (C=O) groups is 1. The molecule has 1 heteroatoms. The lowest BCUT2D eigenvalue weighted by molar-refractivity contribution is -0.114. The quantitative estimate of drug-likeness (QED) is 0.538. The Balaban J connectivity index is 2.15. The van der Waals surface area contributed by atoms with E-state index < -0.39 is 0 Å². The Morgan fingerprint density at radius 1 is 1.50 bits per heavy atom. The Morgan fingerprint density at radius 3 is 3.00 bits per heavy atom. The van der Waals surface area contributed by atoms with Gasteiger partial charge in [-0.1, -0.05) is 19.4 Å². The number of hydrogen-bond donors (Lipinski definition) is 0. The molecule has 0 aromatic heterocycles. The van der Waals surface area contributed by atoms with Crippen LogP contribution in [0.1, 0.15) is 39.5 Å². The summed E-state index contributed by atoms with van der Waals surface area (Å²) in [5, 5.41) is 0. The van der Waals surface area contributed by atoms with Crippen molar-refractivity contribution in [2.24, 2.45) is 11.3 Å². The van der Waals surface area contributed by atoms with E-state index in [0.29, 0.717) is 17.1 Å². The number of ketones is 1. The molecule has 0 unspecified atom stereocenters. The van der Waals surface area contributed by atoms with Crippen molar-refractivity contribution in [3.05, 3.63) is 11.6 Å². The number of fused-ring (bicyclic) bond motifs is 1. The zero-order valence-electron chi connectivity index (χ0n) is 7.89. The molecule has 2 rings (SSSR count). The molecule has 0 aromatic carbocycles. The maximum absolute atomic E-state index is 11.1. The molecule has 0 amide bonds. The average Bonchev–Trinajstić information content (AvgIpc) is 2.26. The van der Waals surface area contributed by atoms with E-state index in [1.165, 1.54) is 18.4 Å². The average molecular weight is 164 g/mol. The van der Waals surface area contributed by atoms with Gasteiger partial charge < -0.3 is 0 Å². The highest BCUT2D eigenvalue weighted by atomic mass is 16.1. The fourth-order valence-electron chi connectivity index (χ4n) is 2.49. The summed E-state index contributed by atoms with van der Waals surface area (Å²) < 4.78 is 0. The minimum atomic E-state index is 0.354. The first-order chi connectivity index (χ1) is 5.57. The van der Waals surface area contributed by atoms with E-state index in [0.717, 1.165) is 12.8 Å². The van der Waals surface area contributed by atoms with Crippen molar-refractivity contribution in [2.75, 3.05) is 0 Å². The van der Waals surface area contributed by atoms with Crippen LogP contribution < -0.4 is 0 Å². The van der Waals surface area contributed by atoms with Gasteiger partial charge in [-0.05, 0) is 36.7 Å². The summed E-state index contributed by atoms with van der Waals surface area (Å²) in [6.07, 6.45) is 6.30. The van der Waals surface area contributed by atoms with Gasteiger partial charge in [0.1, 0.15) is 0 Å². The van der Waals surface area contributed by atoms with Crippen molar-refractivity contribution in [3.8, 4) is 0 Å². The smallest absolute Gasteiger partial charge is 0.156 e. The second kappa shape index (κ2) is 2.45. The van der Waals surface area contributed by atoms with E-state index in [4.69, 9.17) is 0 Å². The lowest BCUT2D eigenvalue weighted by Crippen LogP contribution is -2.22. The van der Waals surface area contributed by atoms with Gasteiger partial charge in [-0.3, -0.25) is 4.79 Å². The van der Waals surface area contributed by atoms with E-state index in [1.807, 2.05) is 6.08 Å². The third-order valence-corrected chi connectivity index (χ3v) is 3.21. The third kappa shape index (κ3) is 1.33. The summed E-state index contributed by atoms with van der Waals surface area (Å²) in [4.78, 5) is 11.1. The molecule has 0 aliphatic heterocycles. The predicted molar refractivity (Wildman–Crippen MR) is 48.8 cm³/mol. The summed E-state index contributed by atoms with van der Waals surface area (Å²) in [5.41, 5.74) is 1.89. The van der Waals surface area contributed by atoms with Gasteiger partial charge >= 0.3 is 0 Å². The zero-order chi connectivity index (χ0) is 8.77. The van der Waals surface area contributed by atoms with Crippen LogP contribution in [0.15, 0.2) is 11.6 Å². The van der Waals surface area contributed by atoms with Gasteiger partial charge in [-0.2, -0.15) is 0 Å². The summed E-state index contributed by atoms with van der Waals surface area (Å²) in [7, 11) is 0. The zero-order valence-corrected chi connectivity index (χ0v) is 7.89. The van der Waals surface area contributed by atoms with Gasteiger partial charge in [0.05, 0.1) is 0 Å². The van der Waals surface area contributed by atoms with E-state index >= 15 is 0 Å². The summed E-state index contributed by atoms with van der Waals surface area (Å²) in [5.74, 6) is 0.953. The highest BCUT2D eigenvalue weighted by Crippen LogP contribution is 2.45. The minimum absolute atomic E-state index is 0.354. The maximum Gasteiger partial charge on any atom is 0.156 e. The van der Waals surface area contributed by atoms with Crippen LogP contribution >= 0.6 is 0 Å². The molecule has 0 spiro atoms. The summed E-state index contributed by atoms with van der Waals surface area (Å²) in [6.45, 7) is 4.62. The first kappa shape index (κ1) is 8.03. The molecular formula is C11H16O. The summed E-state index contributed by atoms with van der Waals surface area (Å²) >= 11 is 0. The molecule has 12 heavy (non-hydrogen) atoms. The molecule has 2 aliphatic rings. The third-order valence-electron chi connectivity index (χ3n) is 3.21. The van der Waals surface area contributed by atoms with Crippen molar-refractivity contribution >= 4 is 5.78 Å². The van der Waals surface area contributed by atoms with Crippen molar-refractivity contribution < 1.29 is 4.79 Å². The van der Waals surface area contributed by atoms with Crippen molar-refractivity contribution in [1.29, 1.82) is 0 Å². The van der Waals surface area contributed by atoms with Crippen molar-refractivity contribution in [1.82, 2.24) is 0 Å². The van der Waals surface area contributed by atoms with Crippen LogP contribution in [0, 0.1) is 11.3 Å². The molecule has 66 valence electrons. The molecule has 1 nitrogen and oxygen atoms in total. The number of hydrogen-bond acceptors (Lipinski definition) is 1. The number of carbonyl (C=O) groups excluding carboxylic acids is 1. The molecular weight excluding hydrogens is 148 g/mol. The molecule has 2 aliphatic carbocycles. The predicted octanol–water partition coefficient (Wildman–Crippen LogP) is 2.71. The van der Waals surface area contributed by atoms with Gasteiger partial charge in [0.15, 0.2) is 5.78 Å². The Bertz CT molecular complexity index is 248. The molecule has 1 fully saturated rings. The lowest BCUT2D eigenvalue weighted by atomic mass is 9.71. The summed E-state index contributed by atoms with van der Waals surface area (Å²) in [6, 6.07) is 0. The normalized spacial score (nSPS) is 33.0. The lowest BCUT2D eigenvalue weighted by Gasteiger charge is -2.34. The molecule has 0 saturated heterocycles. The van der Waals surface area contributed by atoms with Gasteiger partial charge in [-0.15, -0.1) is 0 Å². The van der Waals surface area contributed by atoms with Crippen LogP contribution in [0.5, 0.6) is 0 Å². The van der Waals surface area contributed by atoms with Crippen LogP contribution in [0.25, 0.3) is 0 Å². The van der Waals surface area contributed by atoms with Crippen LogP contribution in [-0.4, -0.2) is 5.78 Å². The van der Waals surface area contributed by atoms with E-state index in [-0.39, 0.29) is 0 Å². The Kier molecular flexibility index (Phi) is 1.64. The van der Waals surface area contributed by atoms with Gasteiger partial charge in [0.2, 0.25) is 0 Å². The van der Waals surface area contributed by atoms with Gasteiger partial charge in [0.25, 0.3) is 0 Å². The van der Waals surface area contributed by atoms with Crippen LogP contribution in [-0.2, 0) is 4.79 Å². The Hall–Kier alpha value is -0.590. The largest absolute Gasteiger partial charge is 0.295 e. The molecule has 1 atom stereocenters. The fourth-order valence-corrected chi connectivity index (χ4v) is 2.49. The topological polar surface area (TPSA) is 17.1 Å². The van der Waals surface area contributed by atoms with Gasteiger partial charge in [-0.25, -0.2) is 0 Å². The SMILES string of the molecule is CC1(C)CCC2=CC(=O)C[C@H]2C1. The monoisotopic (exact) mass is 164 g/mol. The highest BCUT2D eigenvalue weighted by Gasteiger charge is 2.35. The highest BCUT2D eigenvalue weighted by molar-refractivity contribution is 5.93. The Morgan fingerprint density at radius 2 is 2.25 bits per heavy atom. The van der Waals surface area contributed by atoms with E-state index in [1.54, 1.807) is 0 Å². The van der Waals surface area contributed by atoms with E-state index in [9.17, 15) is 4.79 Å². The molecule has 0 heterocycles. The number of rotatable bonds is 0. The molecule has 0 N–H and O–H groups in total. The first-order valence-corrected chi connectivity index (χ1v) is 4.80. The second-order valence-corrected chi connectivity index (χ2v) is 4.95. The van der Waals surface area contributed by atoms with Crippen LogP contribution in [0.2, 0.25) is 0 Å². The van der Waals surface area contributed by atoms with Crippen LogP contribution in [0.3, 0.4) is 0 Å². The molecule has 0 radical (unpaired) electrons. The van der Waals surface area contributed by atoms with Crippen LogP contribution in [0.4, 0.5) is 0 Å². The van der Waals surface area contributed by atoms with E-state index in [2.05, 4.69) is 13.8 Å². The molecule has 0 bridgehead atoms. The van der Waals surface area contributed by atoms with Crippen molar-refractivity contribution in [3.63, 3.8) is 0 Å². The molecule has 1 saturated carbocycles. The fraction of sp³-hybridized carbons (Fsp3) is 0.727. The van der Waals surface area contributed by atoms with Crippen molar-refractivity contribution in [2.45, 2.75) is 39.5 Å². The number of allylic oxidation sites excluding steroid dienone is 2. The Labute approximate surface area is 73.8 Å². The second-order valence-electron chi connectivity index (χ2n) is 4.95. The maximum atomic E-state index is 11.1. The van der Waals surface area contributed by atoms with Gasteiger partial charge in [0, 0.05) is 6.42 Å². The standard InChI is InChI=1S/C11H16O/c1-11(2)4-3-8-5-10(12)6-9(8)7-11/h5,9H,3-4,6-7H2,1-2H3/t9-/m0/s1. The minimum Gasteiger partial charge on any atom is -0.295 e. The molecule has 0 aromatic rings.